The fourth-order valence-electron chi connectivity index (χ4n) is 4.96. The molecule has 4 amide bonds. The second-order valence-corrected chi connectivity index (χ2v) is 12.1. The molecule has 228 valence electrons. The van der Waals surface area contributed by atoms with Gasteiger partial charge in [0.05, 0.1) is 11.4 Å². The number of carbonyl (C=O) groups is 3. The Balaban J connectivity index is 1.42. The van der Waals surface area contributed by atoms with Crippen molar-refractivity contribution in [1.82, 2.24) is 9.80 Å². The Kier molecular flexibility index (Phi) is 10.4. The van der Waals surface area contributed by atoms with Crippen molar-refractivity contribution in [3.8, 4) is 0 Å². The van der Waals surface area contributed by atoms with E-state index < -0.39 is 11.7 Å². The molecule has 0 unspecified atom stereocenters. The Morgan fingerprint density at radius 2 is 1.42 bits per heavy atom. The third kappa shape index (κ3) is 9.31. The van der Waals surface area contributed by atoms with Crippen molar-refractivity contribution >= 4 is 35.1 Å². The van der Waals surface area contributed by atoms with Crippen molar-refractivity contribution in [2.24, 2.45) is 0 Å². The molecule has 3 aromatic rings. The van der Waals surface area contributed by atoms with Crippen LogP contribution in [0.4, 0.5) is 26.7 Å². The van der Waals surface area contributed by atoms with Gasteiger partial charge in [-0.15, -0.1) is 0 Å². The number of ether oxygens (including phenoxy) is 1. The molecular formula is C34H43N5O4. The van der Waals surface area contributed by atoms with Crippen LogP contribution in [0.3, 0.4) is 0 Å². The number of para-hydroxylation sites is 2. The van der Waals surface area contributed by atoms with Gasteiger partial charge in [0.2, 0.25) is 0 Å². The van der Waals surface area contributed by atoms with E-state index in [0.29, 0.717) is 30.0 Å². The molecule has 0 saturated heterocycles. The van der Waals surface area contributed by atoms with Gasteiger partial charge in [-0.3, -0.25) is 10.1 Å². The molecule has 4 rings (SSSR count). The van der Waals surface area contributed by atoms with E-state index in [1.165, 1.54) is 17.5 Å². The molecule has 0 aliphatic heterocycles. The first-order valence-electron chi connectivity index (χ1n) is 14.8. The van der Waals surface area contributed by atoms with E-state index >= 15 is 0 Å². The predicted molar refractivity (Wildman–Crippen MR) is 172 cm³/mol. The number of aryl methyl sites for hydroxylation is 1. The van der Waals surface area contributed by atoms with E-state index in [9.17, 15) is 14.4 Å². The number of benzene rings is 3. The van der Waals surface area contributed by atoms with E-state index in [0.717, 1.165) is 37.1 Å². The maximum atomic E-state index is 13.5. The lowest BCUT2D eigenvalue weighted by molar-refractivity contribution is 0.0635. The van der Waals surface area contributed by atoms with Crippen LogP contribution < -0.4 is 16.0 Å². The van der Waals surface area contributed by atoms with Gasteiger partial charge in [0.1, 0.15) is 5.60 Å². The fraction of sp³-hybridized carbons (Fsp3) is 0.382. The quantitative estimate of drug-likeness (QED) is 0.258. The van der Waals surface area contributed by atoms with Crippen LogP contribution in [0.15, 0.2) is 66.7 Å². The van der Waals surface area contributed by atoms with E-state index in [-0.39, 0.29) is 11.9 Å². The normalized spacial score (nSPS) is 12.7. The van der Waals surface area contributed by atoms with Crippen LogP contribution in [0, 0.1) is 0 Å². The second-order valence-electron chi connectivity index (χ2n) is 12.1. The number of likely N-dealkylation sites (N-methyl/N-ethyl adjacent to an activating group) is 1. The molecule has 1 aliphatic rings. The smallest absolute Gasteiger partial charge is 0.412 e. The number of rotatable bonds is 9. The first-order valence-corrected chi connectivity index (χ1v) is 14.8. The molecule has 1 aliphatic carbocycles. The van der Waals surface area contributed by atoms with Crippen LogP contribution in [0.1, 0.15) is 60.7 Å². The first-order chi connectivity index (χ1) is 20.5. The number of carbonyl (C=O) groups excluding carboxylic acids is 3. The number of anilines is 3. The van der Waals surface area contributed by atoms with Crippen molar-refractivity contribution in [3.05, 3.63) is 89.0 Å². The third-order valence-corrected chi connectivity index (χ3v) is 7.14. The summed E-state index contributed by atoms with van der Waals surface area (Å²) in [6, 6.07) is 20.2. The molecule has 0 atom stereocenters. The lowest BCUT2D eigenvalue weighted by atomic mass is 9.90. The Morgan fingerprint density at radius 1 is 0.767 bits per heavy atom. The number of nitrogens with one attached hydrogen (secondary N) is 3. The minimum Gasteiger partial charge on any atom is -0.444 e. The van der Waals surface area contributed by atoms with Crippen molar-refractivity contribution in [3.63, 3.8) is 0 Å². The largest absolute Gasteiger partial charge is 0.444 e. The number of hydrogen-bond acceptors (Lipinski definition) is 5. The molecule has 0 aromatic heterocycles. The molecule has 0 heterocycles. The van der Waals surface area contributed by atoms with Crippen LogP contribution in [0.5, 0.6) is 0 Å². The van der Waals surface area contributed by atoms with E-state index in [1.807, 2.05) is 43.3 Å². The summed E-state index contributed by atoms with van der Waals surface area (Å²) in [7, 11) is 3.97. The van der Waals surface area contributed by atoms with E-state index in [1.54, 1.807) is 62.1 Å². The second kappa shape index (κ2) is 14.2. The van der Waals surface area contributed by atoms with Crippen LogP contribution >= 0.6 is 0 Å². The van der Waals surface area contributed by atoms with Crippen molar-refractivity contribution in [2.75, 3.05) is 43.1 Å². The fourth-order valence-corrected chi connectivity index (χ4v) is 4.96. The Bertz CT molecular complexity index is 1430. The lowest BCUT2D eigenvalue weighted by Crippen LogP contribution is -2.39. The van der Waals surface area contributed by atoms with Crippen molar-refractivity contribution < 1.29 is 19.1 Å². The molecule has 3 aromatic carbocycles. The molecular weight excluding hydrogens is 542 g/mol. The SMILES string of the molecule is CN(C)CCN(Cc1ccc(C(=O)Nc2ccccc2NC(=O)OC(C)(C)C)cc1)C(=O)Nc1cccc2c1CCCC2. The maximum absolute atomic E-state index is 13.5. The van der Waals surface area contributed by atoms with E-state index in [2.05, 4.69) is 22.0 Å². The zero-order valence-electron chi connectivity index (χ0n) is 25.8. The zero-order chi connectivity index (χ0) is 31.0. The Hall–Kier alpha value is -4.37. The molecule has 0 spiro atoms. The van der Waals surface area contributed by atoms with Gasteiger partial charge in [-0.25, -0.2) is 9.59 Å². The van der Waals surface area contributed by atoms with Gasteiger partial charge in [0.25, 0.3) is 5.91 Å². The summed E-state index contributed by atoms with van der Waals surface area (Å²) in [5.74, 6) is -0.318. The van der Waals surface area contributed by atoms with E-state index in [4.69, 9.17) is 4.74 Å². The average molecular weight is 586 g/mol. The van der Waals surface area contributed by atoms with Gasteiger partial charge in [0.15, 0.2) is 0 Å². The zero-order valence-corrected chi connectivity index (χ0v) is 25.8. The average Bonchev–Trinajstić information content (AvgIpc) is 2.95. The van der Waals surface area contributed by atoms with Gasteiger partial charge >= 0.3 is 12.1 Å². The molecule has 0 radical (unpaired) electrons. The monoisotopic (exact) mass is 585 g/mol. The van der Waals surface area contributed by atoms with Crippen LogP contribution in [0.2, 0.25) is 0 Å². The van der Waals surface area contributed by atoms with Crippen LogP contribution in [0.25, 0.3) is 0 Å². The number of fused-ring (bicyclic) bond motifs is 1. The highest BCUT2D eigenvalue weighted by molar-refractivity contribution is 6.06. The highest BCUT2D eigenvalue weighted by Crippen LogP contribution is 2.28. The minimum atomic E-state index is -0.645. The number of hydrogen-bond donors (Lipinski definition) is 3. The predicted octanol–water partition coefficient (Wildman–Crippen LogP) is 6.76. The molecule has 9 nitrogen and oxygen atoms in total. The first kappa shape index (κ1) is 31.6. The maximum Gasteiger partial charge on any atom is 0.412 e. The number of amides is 4. The summed E-state index contributed by atoms with van der Waals surface area (Å²) in [6.45, 7) is 7.03. The summed E-state index contributed by atoms with van der Waals surface area (Å²) in [5.41, 5.74) is 5.07. The van der Waals surface area contributed by atoms with Gasteiger partial charge in [0, 0.05) is 30.9 Å². The van der Waals surface area contributed by atoms with Crippen LogP contribution in [-0.2, 0) is 24.1 Å². The van der Waals surface area contributed by atoms with Gasteiger partial charge in [-0.05, 0) is 108 Å². The molecule has 9 heteroatoms. The third-order valence-electron chi connectivity index (χ3n) is 7.14. The summed E-state index contributed by atoms with van der Waals surface area (Å²) in [4.78, 5) is 42.7. The van der Waals surface area contributed by atoms with Crippen molar-refractivity contribution in [1.29, 1.82) is 0 Å². The number of nitrogens with zero attached hydrogens (tertiary/aromatic N) is 2. The summed E-state index contributed by atoms with van der Waals surface area (Å²) in [6.07, 6.45) is 3.75. The van der Waals surface area contributed by atoms with Gasteiger partial charge in [-0.2, -0.15) is 0 Å². The number of urea groups is 1. The standard InChI is InChI=1S/C34H43N5O4/c1-34(2,3)43-33(42)37-30-15-9-8-14-29(30)35-31(40)26-19-17-24(18-20-26)23-39(22-21-38(4)5)32(41)36-28-16-10-12-25-11-6-7-13-27(25)28/h8-10,12,14-20H,6-7,11,13,21-23H2,1-5H3,(H,35,40)(H,36,41)(H,37,42). The highest BCUT2D eigenvalue weighted by atomic mass is 16.6. The molecule has 0 fully saturated rings. The minimum absolute atomic E-state index is 0.142. The molecule has 0 saturated carbocycles. The van der Waals surface area contributed by atoms with Crippen molar-refractivity contribution in [2.45, 2.75) is 58.6 Å². The summed E-state index contributed by atoms with van der Waals surface area (Å²) in [5, 5.41) is 8.73. The summed E-state index contributed by atoms with van der Waals surface area (Å²) >= 11 is 0. The Labute approximate surface area is 254 Å². The molecule has 43 heavy (non-hydrogen) atoms. The van der Waals surface area contributed by atoms with Crippen LogP contribution in [-0.4, -0.2) is 60.6 Å². The van der Waals surface area contributed by atoms with Gasteiger partial charge in [-0.1, -0.05) is 36.4 Å². The molecule has 0 bridgehead atoms. The van der Waals surface area contributed by atoms with Gasteiger partial charge < -0.3 is 25.2 Å². The summed E-state index contributed by atoms with van der Waals surface area (Å²) < 4.78 is 5.34. The Morgan fingerprint density at radius 3 is 2.09 bits per heavy atom. The highest BCUT2D eigenvalue weighted by Gasteiger charge is 2.20. The topological polar surface area (TPSA) is 103 Å². The molecule has 3 N–H and O–H groups in total. The lowest BCUT2D eigenvalue weighted by Gasteiger charge is -2.26.